The zero-order valence-corrected chi connectivity index (χ0v) is 9.50. The van der Waals surface area contributed by atoms with Gasteiger partial charge in [0.2, 0.25) is 5.76 Å². The third-order valence-electron chi connectivity index (χ3n) is 2.23. The van der Waals surface area contributed by atoms with Gasteiger partial charge < -0.3 is 14.8 Å². The lowest BCUT2D eigenvalue weighted by atomic mass is 10.2. The van der Waals surface area contributed by atoms with E-state index in [0.29, 0.717) is 12.4 Å². The van der Waals surface area contributed by atoms with Crippen LogP contribution in [-0.4, -0.2) is 11.1 Å². The van der Waals surface area contributed by atoms with E-state index >= 15 is 0 Å². The van der Waals surface area contributed by atoms with Crippen LogP contribution in [0.15, 0.2) is 27.3 Å². The van der Waals surface area contributed by atoms with E-state index in [-0.39, 0.29) is 5.76 Å². The highest BCUT2D eigenvalue weighted by Crippen LogP contribution is 2.17. The molecular formula is C11H11NO3S. The van der Waals surface area contributed by atoms with Crippen LogP contribution in [0.1, 0.15) is 21.7 Å². The van der Waals surface area contributed by atoms with Crippen LogP contribution < -0.4 is 5.32 Å². The van der Waals surface area contributed by atoms with Gasteiger partial charge in [-0.15, -0.1) is 0 Å². The first-order valence-electron chi connectivity index (χ1n) is 4.75. The normalized spacial score (nSPS) is 10.3. The number of hydrogen-bond acceptors (Lipinski definition) is 4. The molecule has 2 N–H and O–H groups in total. The Hall–Kier alpha value is -1.75. The van der Waals surface area contributed by atoms with Crippen molar-refractivity contribution in [3.8, 4) is 0 Å². The average molecular weight is 237 g/mol. The van der Waals surface area contributed by atoms with Gasteiger partial charge in [0.25, 0.3) is 0 Å². The largest absolute Gasteiger partial charge is 0.475 e. The zero-order valence-electron chi connectivity index (χ0n) is 8.69. The summed E-state index contributed by atoms with van der Waals surface area (Å²) in [6.45, 7) is 2.68. The number of hydrogen-bond donors (Lipinski definition) is 2. The molecule has 5 heteroatoms. The second-order valence-corrected chi connectivity index (χ2v) is 4.15. The molecule has 0 saturated carbocycles. The molecule has 0 aromatic carbocycles. The minimum atomic E-state index is -1.06. The highest BCUT2D eigenvalue weighted by molar-refractivity contribution is 7.08. The summed E-state index contributed by atoms with van der Waals surface area (Å²) >= 11 is 1.65. The minimum Gasteiger partial charge on any atom is -0.475 e. The van der Waals surface area contributed by atoms with Crippen LogP contribution in [0, 0.1) is 6.92 Å². The lowest BCUT2D eigenvalue weighted by Gasteiger charge is -2.01. The van der Waals surface area contributed by atoms with E-state index in [0.717, 1.165) is 0 Å². The molecule has 2 aromatic heterocycles. The molecule has 0 radical (unpaired) electrons. The Morgan fingerprint density at radius 1 is 1.50 bits per heavy atom. The quantitative estimate of drug-likeness (QED) is 0.858. The van der Waals surface area contributed by atoms with E-state index in [1.165, 1.54) is 17.2 Å². The fraction of sp³-hybridized carbons (Fsp3) is 0.182. The number of furan rings is 1. The Bertz CT molecular complexity index is 501. The van der Waals surface area contributed by atoms with Gasteiger partial charge in [-0.2, -0.15) is 11.3 Å². The maximum Gasteiger partial charge on any atom is 0.371 e. The third-order valence-corrected chi connectivity index (χ3v) is 3.14. The van der Waals surface area contributed by atoms with Gasteiger partial charge in [-0.1, -0.05) is 0 Å². The molecule has 0 unspecified atom stereocenters. The number of carboxylic acids is 1. The second kappa shape index (κ2) is 4.40. The van der Waals surface area contributed by atoms with Crippen LogP contribution in [0.4, 0.5) is 5.88 Å². The SMILES string of the molecule is Cc1cscc1CNc1ccc(C(=O)O)o1. The standard InChI is InChI=1S/C11H11NO3S/c1-7-5-16-6-8(7)4-12-10-3-2-9(15-10)11(13)14/h2-3,5-6,12H,4H2,1H3,(H,13,14). The fourth-order valence-electron chi connectivity index (χ4n) is 1.30. The van der Waals surface area contributed by atoms with Gasteiger partial charge in [-0.3, -0.25) is 0 Å². The van der Waals surface area contributed by atoms with E-state index in [1.807, 2.05) is 6.92 Å². The maximum atomic E-state index is 10.6. The van der Waals surface area contributed by atoms with E-state index in [2.05, 4.69) is 16.1 Å². The van der Waals surface area contributed by atoms with E-state index in [1.54, 1.807) is 17.4 Å². The Labute approximate surface area is 96.5 Å². The smallest absolute Gasteiger partial charge is 0.371 e. The molecule has 0 fully saturated rings. The van der Waals surface area contributed by atoms with Crippen molar-refractivity contribution in [1.82, 2.24) is 0 Å². The summed E-state index contributed by atoms with van der Waals surface area (Å²) in [6.07, 6.45) is 0. The molecule has 16 heavy (non-hydrogen) atoms. The molecule has 2 heterocycles. The molecule has 2 rings (SSSR count). The molecule has 0 aliphatic carbocycles. The number of carbonyl (C=O) groups is 1. The monoisotopic (exact) mass is 237 g/mol. The van der Waals surface area contributed by atoms with Crippen molar-refractivity contribution in [3.05, 3.63) is 39.8 Å². The second-order valence-electron chi connectivity index (χ2n) is 3.40. The Morgan fingerprint density at radius 3 is 2.88 bits per heavy atom. The van der Waals surface area contributed by atoms with Crippen molar-refractivity contribution in [1.29, 1.82) is 0 Å². The highest BCUT2D eigenvalue weighted by Gasteiger charge is 2.08. The number of thiophene rings is 1. The van der Waals surface area contributed by atoms with Crippen LogP contribution in [-0.2, 0) is 6.54 Å². The number of nitrogens with one attached hydrogen (secondary N) is 1. The Morgan fingerprint density at radius 2 is 2.31 bits per heavy atom. The predicted octanol–water partition coefficient (Wildman–Crippen LogP) is 2.96. The summed E-state index contributed by atoms with van der Waals surface area (Å²) in [6, 6.07) is 3.05. The molecule has 0 bridgehead atoms. The predicted molar refractivity (Wildman–Crippen MR) is 62.1 cm³/mol. The summed E-state index contributed by atoms with van der Waals surface area (Å²) in [7, 11) is 0. The molecule has 0 amide bonds. The molecular weight excluding hydrogens is 226 g/mol. The lowest BCUT2D eigenvalue weighted by molar-refractivity contribution is 0.0663. The number of aromatic carboxylic acids is 1. The zero-order chi connectivity index (χ0) is 11.5. The Balaban J connectivity index is 2.00. The summed E-state index contributed by atoms with van der Waals surface area (Å²) in [5.41, 5.74) is 2.42. The maximum absolute atomic E-state index is 10.6. The number of rotatable bonds is 4. The van der Waals surface area contributed by atoms with E-state index < -0.39 is 5.97 Å². The van der Waals surface area contributed by atoms with Crippen molar-refractivity contribution in [2.45, 2.75) is 13.5 Å². The van der Waals surface area contributed by atoms with Crippen LogP contribution in [0.2, 0.25) is 0 Å². The first-order chi connectivity index (χ1) is 7.66. The van der Waals surface area contributed by atoms with Crippen LogP contribution in [0.3, 0.4) is 0 Å². The van der Waals surface area contributed by atoms with Gasteiger partial charge in [0.1, 0.15) is 0 Å². The molecule has 0 aliphatic heterocycles. The van der Waals surface area contributed by atoms with E-state index in [9.17, 15) is 4.79 Å². The number of aryl methyl sites for hydroxylation is 1. The molecule has 0 atom stereocenters. The van der Waals surface area contributed by atoms with Gasteiger partial charge in [-0.05, 0) is 34.9 Å². The third kappa shape index (κ3) is 2.25. The Kier molecular flexibility index (Phi) is 2.96. The van der Waals surface area contributed by atoms with Gasteiger partial charge in [0, 0.05) is 12.6 Å². The lowest BCUT2D eigenvalue weighted by Crippen LogP contribution is -1.98. The van der Waals surface area contributed by atoms with Crippen molar-refractivity contribution in [2.24, 2.45) is 0 Å². The van der Waals surface area contributed by atoms with Gasteiger partial charge in [0.05, 0.1) is 0 Å². The number of carboxylic acid groups (broad SMARTS) is 1. The molecule has 0 aliphatic rings. The summed E-state index contributed by atoms with van der Waals surface area (Å²) in [5, 5.41) is 15.8. The highest BCUT2D eigenvalue weighted by atomic mass is 32.1. The van der Waals surface area contributed by atoms with E-state index in [4.69, 9.17) is 9.52 Å². The summed E-state index contributed by atoms with van der Waals surface area (Å²) in [4.78, 5) is 10.6. The first-order valence-corrected chi connectivity index (χ1v) is 5.70. The van der Waals surface area contributed by atoms with Gasteiger partial charge in [0.15, 0.2) is 5.88 Å². The number of anilines is 1. The summed E-state index contributed by atoms with van der Waals surface area (Å²) in [5.74, 6) is -0.632. The van der Waals surface area contributed by atoms with Gasteiger partial charge in [-0.25, -0.2) is 4.79 Å². The van der Waals surface area contributed by atoms with Crippen molar-refractivity contribution < 1.29 is 14.3 Å². The molecule has 84 valence electrons. The molecule has 4 nitrogen and oxygen atoms in total. The van der Waals surface area contributed by atoms with Crippen molar-refractivity contribution in [2.75, 3.05) is 5.32 Å². The van der Waals surface area contributed by atoms with Crippen LogP contribution in [0.25, 0.3) is 0 Å². The van der Waals surface area contributed by atoms with Crippen molar-refractivity contribution in [3.63, 3.8) is 0 Å². The van der Waals surface area contributed by atoms with Gasteiger partial charge >= 0.3 is 5.97 Å². The topological polar surface area (TPSA) is 62.5 Å². The van der Waals surface area contributed by atoms with Crippen LogP contribution >= 0.6 is 11.3 Å². The van der Waals surface area contributed by atoms with Crippen molar-refractivity contribution >= 4 is 23.2 Å². The molecule has 0 spiro atoms. The average Bonchev–Trinajstić information content (AvgIpc) is 2.83. The molecule has 0 saturated heterocycles. The van der Waals surface area contributed by atoms with Crippen LogP contribution in [0.5, 0.6) is 0 Å². The minimum absolute atomic E-state index is 0.0514. The first kappa shape index (κ1) is 10.8. The molecule has 2 aromatic rings. The fourth-order valence-corrected chi connectivity index (χ4v) is 2.16. The summed E-state index contributed by atoms with van der Waals surface area (Å²) < 4.78 is 5.08.